The Kier molecular flexibility index (Phi) is 7.32. The van der Waals surface area contributed by atoms with Gasteiger partial charge < -0.3 is 10.1 Å². The van der Waals surface area contributed by atoms with Gasteiger partial charge in [0.05, 0.1) is 17.2 Å². The summed E-state index contributed by atoms with van der Waals surface area (Å²) in [5, 5.41) is 9.23. The minimum absolute atomic E-state index is 0.0214. The minimum Gasteiger partial charge on any atom is -0.488 e. The summed E-state index contributed by atoms with van der Waals surface area (Å²) in [4.78, 5) is 11.9. The van der Waals surface area contributed by atoms with Crippen LogP contribution in [0.5, 0.6) is 5.75 Å². The molecule has 5 nitrogen and oxygen atoms in total. The minimum atomic E-state index is -0.328. The van der Waals surface area contributed by atoms with E-state index in [1.807, 2.05) is 36.4 Å². The van der Waals surface area contributed by atoms with E-state index in [1.165, 1.54) is 22.9 Å². The second-order valence-electron chi connectivity index (χ2n) is 7.27. The van der Waals surface area contributed by atoms with Gasteiger partial charge in [-0.2, -0.15) is 5.10 Å². The topological polar surface area (TPSA) is 62.7 Å². The van der Waals surface area contributed by atoms with Crippen LogP contribution in [0, 0.1) is 5.82 Å². The highest BCUT2D eigenvalue weighted by Gasteiger charge is 2.06. The Morgan fingerprint density at radius 1 is 1.00 bits per heavy atom. The predicted octanol–water partition coefficient (Wildman–Crippen LogP) is 5.88. The van der Waals surface area contributed by atoms with Gasteiger partial charge in [0.25, 0.3) is 5.91 Å². The zero-order valence-corrected chi connectivity index (χ0v) is 19.2. The Hall–Kier alpha value is -3.71. The highest BCUT2D eigenvalue weighted by molar-refractivity contribution is 9.10. The van der Waals surface area contributed by atoms with Crippen molar-refractivity contribution in [3.63, 3.8) is 0 Å². The summed E-state index contributed by atoms with van der Waals surface area (Å²) in [6.45, 7) is 0.470. The summed E-state index contributed by atoms with van der Waals surface area (Å²) in [5.41, 5.74) is 5.02. The number of nitrogens with zero attached hydrogens (tertiary/aromatic N) is 1. The van der Waals surface area contributed by atoms with Gasteiger partial charge >= 0.3 is 0 Å². The van der Waals surface area contributed by atoms with Crippen LogP contribution in [-0.2, 0) is 11.4 Å². The van der Waals surface area contributed by atoms with E-state index in [9.17, 15) is 9.18 Å². The lowest BCUT2D eigenvalue weighted by Crippen LogP contribution is -2.25. The highest BCUT2D eigenvalue weighted by atomic mass is 79.9. The second-order valence-corrected chi connectivity index (χ2v) is 8.12. The molecule has 2 N–H and O–H groups in total. The number of hydrogen-bond donors (Lipinski definition) is 2. The Bertz CT molecular complexity index is 1290. The lowest BCUT2D eigenvalue weighted by atomic mass is 10.1. The molecule has 0 aliphatic rings. The number of halogens is 2. The third kappa shape index (κ3) is 6.17. The largest absolute Gasteiger partial charge is 0.488 e. The molecule has 0 heterocycles. The number of nitrogens with one attached hydrogen (secondary N) is 2. The molecule has 0 radical (unpaired) electrons. The van der Waals surface area contributed by atoms with E-state index in [-0.39, 0.29) is 18.3 Å². The number of rotatable bonds is 8. The Morgan fingerprint density at radius 2 is 1.79 bits per heavy atom. The maximum Gasteiger partial charge on any atom is 0.259 e. The number of hydrazone groups is 1. The Labute approximate surface area is 199 Å². The third-order valence-electron chi connectivity index (χ3n) is 4.92. The van der Waals surface area contributed by atoms with Crippen LogP contribution in [0.3, 0.4) is 0 Å². The smallest absolute Gasteiger partial charge is 0.259 e. The number of carbonyl (C=O) groups is 1. The van der Waals surface area contributed by atoms with Gasteiger partial charge in [-0.25, -0.2) is 9.82 Å². The lowest BCUT2D eigenvalue weighted by Gasteiger charge is -2.11. The molecule has 4 aromatic rings. The molecule has 0 aliphatic heterocycles. The fourth-order valence-electron chi connectivity index (χ4n) is 3.26. The molecule has 0 saturated carbocycles. The standard InChI is InChI=1S/C26H21BrFN3O2/c27-24-14-18(15-30-31-26(32)16-29-22-11-9-21(28)10-12-22)8-13-25(24)33-17-20-6-3-5-19-4-1-2-7-23(19)20/h1-15,29H,16-17H2,(H,31,32)/b30-15-. The molecular weight excluding hydrogens is 485 g/mol. The predicted molar refractivity (Wildman–Crippen MR) is 133 cm³/mol. The van der Waals surface area contributed by atoms with Crippen LogP contribution >= 0.6 is 15.9 Å². The van der Waals surface area contributed by atoms with E-state index in [4.69, 9.17) is 4.74 Å². The first-order valence-corrected chi connectivity index (χ1v) is 11.1. The van der Waals surface area contributed by atoms with Crippen molar-refractivity contribution < 1.29 is 13.9 Å². The van der Waals surface area contributed by atoms with Crippen LogP contribution in [0.2, 0.25) is 0 Å². The van der Waals surface area contributed by atoms with Gasteiger partial charge in [-0.1, -0.05) is 42.5 Å². The van der Waals surface area contributed by atoms with Crippen LogP contribution in [0.15, 0.2) is 94.5 Å². The number of fused-ring (bicyclic) bond motifs is 1. The van der Waals surface area contributed by atoms with Gasteiger partial charge in [0.15, 0.2) is 0 Å². The van der Waals surface area contributed by atoms with E-state index >= 15 is 0 Å². The van der Waals surface area contributed by atoms with Gasteiger partial charge in [-0.05, 0) is 80.3 Å². The Morgan fingerprint density at radius 3 is 2.61 bits per heavy atom. The van der Waals surface area contributed by atoms with Crippen molar-refractivity contribution in [2.45, 2.75) is 6.61 Å². The van der Waals surface area contributed by atoms with Gasteiger partial charge in [0.1, 0.15) is 18.2 Å². The summed E-state index contributed by atoms with van der Waals surface area (Å²) in [7, 11) is 0. The van der Waals surface area contributed by atoms with E-state index in [0.717, 1.165) is 15.6 Å². The fraction of sp³-hybridized carbons (Fsp3) is 0.0769. The molecule has 0 saturated heterocycles. The molecule has 0 atom stereocenters. The number of hydrogen-bond acceptors (Lipinski definition) is 4. The molecule has 0 unspecified atom stereocenters. The van der Waals surface area contributed by atoms with E-state index < -0.39 is 0 Å². The monoisotopic (exact) mass is 505 g/mol. The molecule has 0 fully saturated rings. The first-order chi connectivity index (χ1) is 16.1. The molecule has 4 aromatic carbocycles. The molecule has 166 valence electrons. The first-order valence-electron chi connectivity index (χ1n) is 10.3. The van der Waals surface area contributed by atoms with Crippen LogP contribution in [0.1, 0.15) is 11.1 Å². The quantitative estimate of drug-likeness (QED) is 0.232. The summed E-state index contributed by atoms with van der Waals surface area (Å²) < 4.78 is 19.7. The lowest BCUT2D eigenvalue weighted by molar-refractivity contribution is -0.119. The molecule has 33 heavy (non-hydrogen) atoms. The first kappa shape index (κ1) is 22.5. The van der Waals surface area contributed by atoms with Gasteiger partial charge in [0, 0.05) is 5.69 Å². The Balaban J connectivity index is 1.30. The van der Waals surface area contributed by atoms with Gasteiger partial charge in [-0.3, -0.25) is 4.79 Å². The van der Waals surface area contributed by atoms with Crippen molar-refractivity contribution in [3.05, 3.63) is 106 Å². The second kappa shape index (κ2) is 10.7. The third-order valence-corrected chi connectivity index (χ3v) is 5.54. The van der Waals surface area contributed by atoms with Crippen molar-refractivity contribution >= 4 is 44.5 Å². The number of benzene rings is 4. The van der Waals surface area contributed by atoms with E-state index in [0.29, 0.717) is 18.0 Å². The SMILES string of the molecule is O=C(CNc1ccc(F)cc1)N/N=C\c1ccc(OCc2cccc3ccccc23)c(Br)c1. The van der Waals surface area contributed by atoms with Crippen LogP contribution < -0.4 is 15.5 Å². The molecular formula is C26H21BrFN3O2. The van der Waals surface area contributed by atoms with Crippen molar-refractivity contribution in [2.24, 2.45) is 5.10 Å². The molecule has 0 spiro atoms. The van der Waals surface area contributed by atoms with Crippen molar-refractivity contribution in [1.82, 2.24) is 5.43 Å². The molecule has 0 aromatic heterocycles. The number of carbonyl (C=O) groups excluding carboxylic acids is 1. The molecule has 1 amide bonds. The summed E-state index contributed by atoms with van der Waals surface area (Å²) in [6, 6.07) is 25.7. The van der Waals surface area contributed by atoms with Crippen molar-refractivity contribution in [1.29, 1.82) is 0 Å². The highest BCUT2D eigenvalue weighted by Crippen LogP contribution is 2.27. The average Bonchev–Trinajstić information content (AvgIpc) is 2.83. The summed E-state index contributed by atoms with van der Waals surface area (Å²) in [5.74, 6) is 0.0723. The maximum atomic E-state index is 12.9. The normalized spacial score (nSPS) is 11.0. The van der Waals surface area contributed by atoms with E-state index in [2.05, 4.69) is 56.0 Å². The van der Waals surface area contributed by atoms with Crippen LogP contribution in [-0.4, -0.2) is 18.7 Å². The zero-order chi connectivity index (χ0) is 23.0. The molecule has 0 aliphatic carbocycles. The van der Waals surface area contributed by atoms with Crippen LogP contribution in [0.4, 0.5) is 10.1 Å². The van der Waals surface area contributed by atoms with E-state index in [1.54, 1.807) is 18.3 Å². The molecule has 7 heteroatoms. The molecule has 4 rings (SSSR count). The average molecular weight is 506 g/mol. The van der Waals surface area contributed by atoms with Gasteiger partial charge in [-0.15, -0.1) is 0 Å². The molecule has 0 bridgehead atoms. The van der Waals surface area contributed by atoms with Crippen molar-refractivity contribution in [2.75, 3.05) is 11.9 Å². The zero-order valence-electron chi connectivity index (χ0n) is 17.6. The van der Waals surface area contributed by atoms with Crippen molar-refractivity contribution in [3.8, 4) is 5.75 Å². The number of amides is 1. The van der Waals surface area contributed by atoms with Gasteiger partial charge in [0.2, 0.25) is 0 Å². The summed E-state index contributed by atoms with van der Waals surface area (Å²) >= 11 is 3.54. The fourth-order valence-corrected chi connectivity index (χ4v) is 3.77. The summed E-state index contributed by atoms with van der Waals surface area (Å²) in [6.07, 6.45) is 1.55. The number of anilines is 1. The number of ether oxygens (including phenoxy) is 1. The van der Waals surface area contributed by atoms with Crippen LogP contribution in [0.25, 0.3) is 10.8 Å². The maximum absolute atomic E-state index is 12.9.